The van der Waals surface area contributed by atoms with Crippen molar-refractivity contribution < 1.29 is 28.3 Å². The fourth-order valence-corrected chi connectivity index (χ4v) is 7.62. The summed E-state index contributed by atoms with van der Waals surface area (Å²) in [5.74, 6) is -2.08. The number of carbonyl (C=O) groups excluding carboxylic acids is 4. The molecule has 0 heterocycles. The molecule has 0 unspecified atom stereocenters. The van der Waals surface area contributed by atoms with E-state index in [0.717, 1.165) is 16.7 Å². The van der Waals surface area contributed by atoms with Crippen LogP contribution in [0.15, 0.2) is 91.0 Å². The van der Waals surface area contributed by atoms with E-state index in [0.29, 0.717) is 19.3 Å². The number of nitrogens with one attached hydrogen (secondary N) is 3. The molecule has 5 N–H and O–H groups in total. The smallest absolute Gasteiger partial charge is 0.407 e. The lowest BCUT2D eigenvalue weighted by Crippen LogP contribution is -2.56. The number of benzene rings is 3. The van der Waals surface area contributed by atoms with Crippen LogP contribution < -0.4 is 21.7 Å². The van der Waals surface area contributed by atoms with Crippen molar-refractivity contribution in [3.63, 3.8) is 0 Å². The zero-order valence-corrected chi connectivity index (χ0v) is 36.2. The number of amides is 4. The zero-order valence-electron chi connectivity index (χ0n) is 35.2. The molecule has 11 heteroatoms. The maximum absolute atomic E-state index is 14.7. The monoisotopic (exact) mass is 786 g/mol. The molecule has 3 aromatic carbocycles. The van der Waals surface area contributed by atoms with Gasteiger partial charge in [-0.05, 0) is 87.2 Å². The van der Waals surface area contributed by atoms with E-state index in [1.807, 2.05) is 126 Å². The van der Waals surface area contributed by atoms with E-state index in [-0.39, 0.29) is 29.7 Å². The summed E-state index contributed by atoms with van der Waals surface area (Å²) in [4.78, 5) is 54.7. The number of ether oxygens (including phenoxy) is 1. The van der Waals surface area contributed by atoms with Gasteiger partial charge in [-0.15, -0.1) is 0 Å². The Balaban J connectivity index is 2.05. The van der Waals surface area contributed by atoms with Crippen LogP contribution in [0.25, 0.3) is 0 Å². The van der Waals surface area contributed by atoms with Gasteiger partial charge in [-0.3, -0.25) is 14.4 Å². The summed E-state index contributed by atoms with van der Waals surface area (Å²) in [6.45, 7) is 20.2. The molecule has 4 amide bonds. The lowest BCUT2D eigenvalue weighted by atomic mass is 9.88. The SMILES string of the molecule is CC(C)C[C@H](NC(=O)[C@H](Cc1ccccc1)C[C@@H](O[Si](C)(C)C(C)(C)C)[C@H](Cc1ccccc1)NC(=O)OC(C)(C)C)C(=O)N[C@@H](Cc1ccccc1)C(N)=O. The molecule has 0 radical (unpaired) electrons. The van der Waals surface area contributed by atoms with Crippen molar-refractivity contribution in [3.8, 4) is 0 Å². The van der Waals surface area contributed by atoms with Crippen molar-refractivity contribution in [1.82, 2.24) is 16.0 Å². The minimum Gasteiger partial charge on any atom is -0.444 e. The zero-order chi connectivity index (χ0) is 41.7. The highest BCUT2D eigenvalue weighted by Gasteiger charge is 2.43. The van der Waals surface area contributed by atoms with E-state index in [1.54, 1.807) is 0 Å². The molecule has 306 valence electrons. The molecular weight excluding hydrogens is 721 g/mol. The maximum Gasteiger partial charge on any atom is 0.407 e. The van der Waals surface area contributed by atoms with Crippen LogP contribution in [-0.4, -0.2) is 62.0 Å². The van der Waals surface area contributed by atoms with Gasteiger partial charge in [0.2, 0.25) is 17.7 Å². The van der Waals surface area contributed by atoms with Crippen molar-refractivity contribution in [2.75, 3.05) is 0 Å². The predicted octanol–water partition coefficient (Wildman–Crippen LogP) is 7.51. The summed E-state index contributed by atoms with van der Waals surface area (Å²) < 4.78 is 12.9. The topological polar surface area (TPSA) is 149 Å². The third kappa shape index (κ3) is 15.6. The molecule has 0 fully saturated rings. The first-order chi connectivity index (χ1) is 26.1. The van der Waals surface area contributed by atoms with Gasteiger partial charge < -0.3 is 30.8 Å². The maximum atomic E-state index is 14.7. The van der Waals surface area contributed by atoms with Crippen LogP contribution in [0, 0.1) is 11.8 Å². The molecule has 5 atom stereocenters. The van der Waals surface area contributed by atoms with Crippen molar-refractivity contribution in [2.45, 2.75) is 135 Å². The summed E-state index contributed by atoms with van der Waals surface area (Å²) in [7, 11) is -2.50. The van der Waals surface area contributed by atoms with Gasteiger partial charge in [0.15, 0.2) is 8.32 Å². The summed E-state index contributed by atoms with van der Waals surface area (Å²) in [6.07, 6.45) is 0.434. The molecule has 0 aliphatic carbocycles. The quantitative estimate of drug-likeness (QED) is 0.0926. The number of hydrogen-bond acceptors (Lipinski definition) is 6. The molecule has 0 aliphatic rings. The summed E-state index contributed by atoms with van der Waals surface area (Å²) in [5.41, 5.74) is 7.83. The Morgan fingerprint density at radius 3 is 1.55 bits per heavy atom. The van der Waals surface area contributed by atoms with E-state index in [9.17, 15) is 19.2 Å². The molecule has 0 aliphatic heterocycles. The molecule has 3 aromatic rings. The minimum absolute atomic E-state index is 0.0442. The van der Waals surface area contributed by atoms with E-state index in [1.165, 1.54) is 0 Å². The average molecular weight is 787 g/mol. The van der Waals surface area contributed by atoms with Gasteiger partial charge in [-0.1, -0.05) is 126 Å². The van der Waals surface area contributed by atoms with Gasteiger partial charge >= 0.3 is 6.09 Å². The first-order valence-corrected chi connectivity index (χ1v) is 22.7. The number of primary amides is 1. The second-order valence-electron chi connectivity index (χ2n) is 17.8. The Bertz CT molecular complexity index is 1690. The van der Waals surface area contributed by atoms with E-state index >= 15 is 0 Å². The van der Waals surface area contributed by atoms with E-state index < -0.39 is 62.0 Å². The molecule has 0 saturated carbocycles. The molecule has 56 heavy (non-hydrogen) atoms. The minimum atomic E-state index is -2.50. The van der Waals surface area contributed by atoms with E-state index in [2.05, 4.69) is 49.8 Å². The van der Waals surface area contributed by atoms with Gasteiger partial charge in [0.25, 0.3) is 0 Å². The van der Waals surface area contributed by atoms with Gasteiger partial charge in [-0.25, -0.2) is 4.79 Å². The van der Waals surface area contributed by atoms with Crippen molar-refractivity contribution in [2.24, 2.45) is 17.6 Å². The Hall–Kier alpha value is -4.48. The van der Waals surface area contributed by atoms with Gasteiger partial charge in [0.05, 0.1) is 12.1 Å². The molecule has 3 rings (SSSR count). The Kier molecular flexibility index (Phi) is 16.9. The fourth-order valence-electron chi connectivity index (χ4n) is 6.25. The van der Waals surface area contributed by atoms with Crippen molar-refractivity contribution in [3.05, 3.63) is 108 Å². The van der Waals surface area contributed by atoms with Gasteiger partial charge in [0.1, 0.15) is 17.7 Å². The van der Waals surface area contributed by atoms with Crippen molar-refractivity contribution >= 4 is 32.1 Å². The highest BCUT2D eigenvalue weighted by atomic mass is 28.4. The highest BCUT2D eigenvalue weighted by molar-refractivity contribution is 6.74. The average Bonchev–Trinajstić information content (AvgIpc) is 3.09. The Labute approximate surface area is 336 Å². The molecule has 0 bridgehead atoms. The molecule has 0 spiro atoms. The fraction of sp³-hybridized carbons (Fsp3) is 0.511. The van der Waals surface area contributed by atoms with Crippen molar-refractivity contribution in [1.29, 1.82) is 0 Å². The second kappa shape index (κ2) is 20.6. The van der Waals surface area contributed by atoms with Crippen LogP contribution in [0.4, 0.5) is 4.79 Å². The standard InChI is InChI=1S/C45H66N4O6Si/c1-31(2)26-38(42(52)47-37(40(46)50)29-34-24-18-13-19-25-34)48-41(51)35(27-32-20-14-11-15-21-32)30-39(55-56(9,10)45(6,7)8)36(28-33-22-16-12-17-23-33)49-43(53)54-44(3,4)5/h11-25,31,35-39H,26-30H2,1-10H3,(H2,46,50)(H,47,52)(H,48,51)(H,49,53)/t35-,36+,37+,38+,39-/m1/s1. The van der Waals surface area contributed by atoms with Gasteiger partial charge in [-0.2, -0.15) is 0 Å². The van der Waals surface area contributed by atoms with Crippen LogP contribution in [0.5, 0.6) is 0 Å². The summed E-state index contributed by atoms with van der Waals surface area (Å²) in [5, 5.41) is 8.87. The Morgan fingerprint density at radius 2 is 1.11 bits per heavy atom. The largest absolute Gasteiger partial charge is 0.444 e. The molecular formula is C45H66N4O6Si. The van der Waals surface area contributed by atoms with E-state index in [4.69, 9.17) is 14.9 Å². The first-order valence-electron chi connectivity index (χ1n) is 19.8. The van der Waals surface area contributed by atoms with Crippen LogP contribution >= 0.6 is 0 Å². The first kappa shape index (κ1) is 45.9. The van der Waals surface area contributed by atoms with Gasteiger partial charge in [0, 0.05) is 12.3 Å². The Morgan fingerprint density at radius 1 is 0.643 bits per heavy atom. The number of nitrogens with two attached hydrogens (primary N) is 1. The third-order valence-electron chi connectivity index (χ3n) is 10.2. The highest BCUT2D eigenvalue weighted by Crippen LogP contribution is 2.39. The predicted molar refractivity (Wildman–Crippen MR) is 226 cm³/mol. The van der Waals surface area contributed by atoms with Crippen LogP contribution in [0.3, 0.4) is 0 Å². The summed E-state index contributed by atoms with van der Waals surface area (Å²) >= 11 is 0. The van der Waals surface area contributed by atoms with Crippen LogP contribution in [-0.2, 0) is 42.8 Å². The lowest BCUT2D eigenvalue weighted by molar-refractivity contribution is -0.133. The lowest BCUT2D eigenvalue weighted by Gasteiger charge is -2.42. The normalized spacial score (nSPS) is 14.8. The molecule has 10 nitrogen and oxygen atoms in total. The number of rotatable bonds is 19. The van der Waals surface area contributed by atoms with Crippen LogP contribution in [0.1, 0.15) is 84.9 Å². The molecule has 0 aromatic heterocycles. The number of hydrogen-bond donors (Lipinski definition) is 4. The number of alkyl carbamates (subject to hydrolysis) is 1. The second-order valence-corrected chi connectivity index (χ2v) is 22.6. The van der Waals surface area contributed by atoms with Crippen LogP contribution in [0.2, 0.25) is 18.1 Å². The molecule has 0 saturated heterocycles. The number of carbonyl (C=O) groups is 4. The third-order valence-corrected chi connectivity index (χ3v) is 14.7. The summed E-state index contributed by atoms with van der Waals surface area (Å²) in [6, 6.07) is 26.5.